The Hall–Kier alpha value is -3.19. The van der Waals surface area contributed by atoms with Crippen molar-refractivity contribution in [2.24, 2.45) is 0 Å². The van der Waals surface area contributed by atoms with E-state index in [0.29, 0.717) is 0 Å². The molecule has 162 valence electrons. The minimum absolute atomic E-state index is 0.256. The molecule has 4 aromatic rings. The number of fused-ring (bicyclic) bond motifs is 1. The highest BCUT2D eigenvalue weighted by Gasteiger charge is 2.26. The molecule has 0 radical (unpaired) electrons. The second kappa shape index (κ2) is 8.74. The maximum Gasteiger partial charge on any atom is 0.174 e. The molecule has 0 amide bonds. The highest BCUT2D eigenvalue weighted by Crippen LogP contribution is 2.36. The maximum atomic E-state index is 5.62. The van der Waals surface area contributed by atoms with Crippen molar-refractivity contribution < 1.29 is 4.74 Å². The van der Waals surface area contributed by atoms with Gasteiger partial charge in [0.25, 0.3) is 0 Å². The van der Waals surface area contributed by atoms with Crippen LogP contribution >= 0.6 is 15.9 Å². The maximum absolute atomic E-state index is 5.62. The highest BCUT2D eigenvalue weighted by molar-refractivity contribution is 9.10. The number of hydrogen-bond acceptors (Lipinski definition) is 4. The molecule has 0 unspecified atom stereocenters. The monoisotopic (exact) mass is 489 g/mol. The lowest BCUT2D eigenvalue weighted by molar-refractivity contribution is 0.413. The summed E-state index contributed by atoms with van der Waals surface area (Å²) in [6.07, 6.45) is 9.95. The molecule has 3 heterocycles. The SMILES string of the molecule is COc1cc(C=Cc2nc3n(n2)CCC[C@@H]3c2ccccc2Br)ccc1-n1cnc(C)c1. The quantitative estimate of drug-likeness (QED) is 0.364. The molecule has 1 aliphatic rings. The zero-order chi connectivity index (χ0) is 22.1. The van der Waals surface area contributed by atoms with Crippen molar-refractivity contribution in [3.05, 3.63) is 87.9 Å². The molecular weight excluding hydrogens is 466 g/mol. The molecule has 2 aromatic heterocycles. The third-order valence-electron chi connectivity index (χ3n) is 5.79. The summed E-state index contributed by atoms with van der Waals surface area (Å²) in [5.41, 5.74) is 4.22. The van der Waals surface area contributed by atoms with Gasteiger partial charge in [0.1, 0.15) is 11.6 Å². The van der Waals surface area contributed by atoms with Crippen LogP contribution in [0.3, 0.4) is 0 Å². The van der Waals surface area contributed by atoms with Crippen LogP contribution in [0.1, 0.15) is 47.2 Å². The van der Waals surface area contributed by atoms with Crippen molar-refractivity contribution in [1.29, 1.82) is 0 Å². The van der Waals surface area contributed by atoms with E-state index in [4.69, 9.17) is 14.8 Å². The Bertz CT molecular complexity index is 1290. The summed E-state index contributed by atoms with van der Waals surface area (Å²) in [5.74, 6) is 2.81. The first-order chi connectivity index (χ1) is 15.6. The van der Waals surface area contributed by atoms with Crippen molar-refractivity contribution in [3.8, 4) is 11.4 Å². The fourth-order valence-electron chi connectivity index (χ4n) is 4.23. The summed E-state index contributed by atoms with van der Waals surface area (Å²) < 4.78 is 10.8. The first-order valence-corrected chi connectivity index (χ1v) is 11.5. The van der Waals surface area contributed by atoms with Crippen LogP contribution in [-0.4, -0.2) is 31.4 Å². The molecule has 0 aliphatic carbocycles. The van der Waals surface area contributed by atoms with Gasteiger partial charge in [-0.1, -0.05) is 46.3 Å². The van der Waals surface area contributed by atoms with Gasteiger partial charge in [-0.15, -0.1) is 0 Å². The Morgan fingerprint density at radius 1 is 1.16 bits per heavy atom. The van der Waals surface area contributed by atoms with E-state index in [1.807, 2.05) is 48.0 Å². The molecular formula is C25H24BrN5O. The molecule has 2 aromatic carbocycles. The zero-order valence-corrected chi connectivity index (χ0v) is 19.7. The number of methoxy groups -OCH3 is 1. The molecule has 0 fully saturated rings. The predicted octanol–water partition coefficient (Wildman–Crippen LogP) is 5.64. The first kappa shape index (κ1) is 20.7. The van der Waals surface area contributed by atoms with E-state index in [2.05, 4.69) is 49.9 Å². The Morgan fingerprint density at radius 3 is 2.81 bits per heavy atom. The Balaban J connectivity index is 1.42. The lowest BCUT2D eigenvalue weighted by atomic mass is 9.91. The van der Waals surface area contributed by atoms with E-state index in [0.717, 1.165) is 58.2 Å². The van der Waals surface area contributed by atoms with Gasteiger partial charge in [0.05, 0.1) is 24.8 Å². The number of imidazole rings is 1. The van der Waals surface area contributed by atoms with Gasteiger partial charge < -0.3 is 9.30 Å². The van der Waals surface area contributed by atoms with E-state index in [9.17, 15) is 0 Å². The van der Waals surface area contributed by atoms with E-state index in [-0.39, 0.29) is 5.92 Å². The van der Waals surface area contributed by atoms with Crippen LogP contribution in [0, 0.1) is 6.92 Å². The lowest BCUT2D eigenvalue weighted by Crippen LogP contribution is -2.18. The Morgan fingerprint density at radius 2 is 2.03 bits per heavy atom. The fraction of sp³-hybridized carbons (Fsp3) is 0.240. The largest absolute Gasteiger partial charge is 0.495 e. The third kappa shape index (κ3) is 4.00. The Kier molecular flexibility index (Phi) is 5.66. The average molecular weight is 490 g/mol. The summed E-state index contributed by atoms with van der Waals surface area (Å²) in [5, 5.41) is 4.74. The first-order valence-electron chi connectivity index (χ1n) is 10.7. The van der Waals surface area contributed by atoms with Gasteiger partial charge in [-0.2, -0.15) is 5.10 Å². The van der Waals surface area contributed by atoms with Crippen LogP contribution in [0.5, 0.6) is 5.75 Å². The summed E-state index contributed by atoms with van der Waals surface area (Å²) in [4.78, 5) is 9.18. The molecule has 0 spiro atoms. The van der Waals surface area contributed by atoms with E-state index in [1.54, 1.807) is 13.4 Å². The highest BCUT2D eigenvalue weighted by atomic mass is 79.9. The third-order valence-corrected chi connectivity index (χ3v) is 6.51. The number of ether oxygens (including phenoxy) is 1. The predicted molar refractivity (Wildman–Crippen MR) is 129 cm³/mol. The number of benzene rings is 2. The normalized spacial score (nSPS) is 15.8. The molecule has 6 nitrogen and oxygen atoms in total. The summed E-state index contributed by atoms with van der Waals surface area (Å²) in [6.45, 7) is 2.88. The number of aromatic nitrogens is 5. The minimum Gasteiger partial charge on any atom is -0.495 e. The average Bonchev–Trinajstić information content (AvgIpc) is 3.43. The topological polar surface area (TPSA) is 57.8 Å². The second-order valence-electron chi connectivity index (χ2n) is 7.95. The molecule has 32 heavy (non-hydrogen) atoms. The van der Waals surface area contributed by atoms with Crippen molar-refractivity contribution in [2.75, 3.05) is 7.11 Å². The summed E-state index contributed by atoms with van der Waals surface area (Å²) in [6, 6.07) is 14.5. The van der Waals surface area contributed by atoms with Crippen molar-refractivity contribution in [1.82, 2.24) is 24.3 Å². The van der Waals surface area contributed by atoms with Crippen molar-refractivity contribution in [3.63, 3.8) is 0 Å². The van der Waals surface area contributed by atoms with Crippen LogP contribution in [0.2, 0.25) is 0 Å². The lowest BCUT2D eigenvalue weighted by Gasteiger charge is -2.23. The number of nitrogens with zero attached hydrogens (tertiary/aromatic N) is 5. The molecule has 1 aliphatic heterocycles. The van der Waals surface area contributed by atoms with E-state index < -0.39 is 0 Å². The van der Waals surface area contributed by atoms with Crippen molar-refractivity contribution in [2.45, 2.75) is 32.2 Å². The minimum atomic E-state index is 0.256. The van der Waals surface area contributed by atoms with Crippen LogP contribution in [0.25, 0.3) is 17.8 Å². The van der Waals surface area contributed by atoms with E-state index >= 15 is 0 Å². The number of aryl methyl sites for hydroxylation is 2. The van der Waals surface area contributed by atoms with E-state index in [1.165, 1.54) is 5.56 Å². The molecule has 7 heteroatoms. The van der Waals surface area contributed by atoms with Crippen molar-refractivity contribution >= 4 is 28.1 Å². The summed E-state index contributed by atoms with van der Waals surface area (Å²) in [7, 11) is 1.68. The fourth-order valence-corrected chi connectivity index (χ4v) is 4.79. The van der Waals surface area contributed by atoms with Gasteiger partial charge in [-0.05, 0) is 55.2 Å². The number of hydrogen-bond donors (Lipinski definition) is 0. The molecule has 0 saturated heterocycles. The summed E-state index contributed by atoms with van der Waals surface area (Å²) >= 11 is 3.70. The van der Waals surface area contributed by atoms with Gasteiger partial charge in [-0.3, -0.25) is 0 Å². The van der Waals surface area contributed by atoms with Gasteiger partial charge in [0.2, 0.25) is 0 Å². The van der Waals surface area contributed by atoms with Crippen LogP contribution in [-0.2, 0) is 6.54 Å². The molecule has 0 N–H and O–H groups in total. The van der Waals surface area contributed by atoms with Gasteiger partial charge in [0, 0.05) is 23.1 Å². The van der Waals surface area contributed by atoms with Gasteiger partial charge in [-0.25, -0.2) is 14.6 Å². The van der Waals surface area contributed by atoms with Gasteiger partial charge >= 0.3 is 0 Å². The molecule has 1 atom stereocenters. The van der Waals surface area contributed by atoms with Crippen LogP contribution in [0.4, 0.5) is 0 Å². The molecule has 5 rings (SSSR count). The number of rotatable bonds is 5. The smallest absolute Gasteiger partial charge is 0.174 e. The number of halogens is 1. The van der Waals surface area contributed by atoms with Crippen LogP contribution < -0.4 is 4.74 Å². The molecule has 0 bridgehead atoms. The Labute approximate surface area is 195 Å². The zero-order valence-electron chi connectivity index (χ0n) is 18.1. The van der Waals surface area contributed by atoms with Crippen LogP contribution in [0.15, 0.2) is 59.5 Å². The van der Waals surface area contributed by atoms with Gasteiger partial charge in [0.15, 0.2) is 5.82 Å². The standard InChI is InChI=1S/C25H24BrN5O/c1-17-15-30(16-27-17)22-11-9-18(14-23(22)32-2)10-12-24-28-25-20(7-5-13-31(25)29-24)19-6-3-4-8-21(19)26/h3-4,6,8-12,14-16,20H,5,7,13H2,1-2H3/t20-/m1/s1. The second-order valence-corrected chi connectivity index (χ2v) is 8.81. The molecule has 0 saturated carbocycles.